The molecular formula is C33H31N5O4. The summed E-state index contributed by atoms with van der Waals surface area (Å²) < 4.78 is 7.02. The number of carbonyl (C=O) groups is 2. The van der Waals surface area contributed by atoms with Crippen molar-refractivity contribution < 1.29 is 19.4 Å². The standard InChI is InChI=1S/C33H31N5O4/c1-22-29(37-18-8-17-36(32(37)39)20-24-9-4-3-5-10-24)19-28-31(34-22)38(23(2)35-28)21-25-13-15-26(16-14-25)27-11-6-7-12-30(27)42-33(40)41/h3-7,9-16,19H,8,17-18,20-21H2,1-2H3,(H,40,41). The maximum Gasteiger partial charge on any atom is 0.511 e. The molecule has 0 bridgehead atoms. The van der Waals surface area contributed by atoms with Crippen molar-refractivity contribution in [1.29, 1.82) is 0 Å². The fourth-order valence-corrected chi connectivity index (χ4v) is 5.52. The Kier molecular flexibility index (Phi) is 7.31. The molecule has 1 aliphatic heterocycles. The summed E-state index contributed by atoms with van der Waals surface area (Å²) in [4.78, 5) is 38.0. The van der Waals surface area contributed by atoms with Crippen LogP contribution in [0.4, 0.5) is 15.3 Å². The van der Waals surface area contributed by atoms with Gasteiger partial charge in [-0.2, -0.15) is 0 Å². The number of imidazole rings is 1. The van der Waals surface area contributed by atoms with Crippen molar-refractivity contribution in [1.82, 2.24) is 19.4 Å². The van der Waals surface area contributed by atoms with Crippen LogP contribution in [0, 0.1) is 13.8 Å². The summed E-state index contributed by atoms with van der Waals surface area (Å²) in [5, 5.41) is 9.07. The highest BCUT2D eigenvalue weighted by Gasteiger charge is 2.29. The third-order valence-electron chi connectivity index (χ3n) is 7.58. The van der Waals surface area contributed by atoms with Gasteiger partial charge in [0.15, 0.2) is 5.65 Å². The first-order chi connectivity index (χ1) is 20.4. The number of carbonyl (C=O) groups excluding carboxylic acids is 1. The number of nitrogens with zero attached hydrogens (tertiary/aromatic N) is 5. The molecule has 1 saturated heterocycles. The first kappa shape index (κ1) is 27.0. The molecule has 2 amide bonds. The van der Waals surface area contributed by atoms with E-state index in [0.717, 1.165) is 58.0 Å². The molecule has 0 unspecified atom stereocenters. The number of hydrogen-bond acceptors (Lipinski definition) is 5. The summed E-state index contributed by atoms with van der Waals surface area (Å²) in [7, 11) is 0. The van der Waals surface area contributed by atoms with Gasteiger partial charge in [-0.15, -0.1) is 0 Å². The van der Waals surface area contributed by atoms with Crippen LogP contribution in [0.25, 0.3) is 22.3 Å². The fraction of sp³-hybridized carbons (Fsp3) is 0.212. The van der Waals surface area contributed by atoms with Crippen molar-refractivity contribution in [3.63, 3.8) is 0 Å². The minimum atomic E-state index is -1.35. The number of amides is 2. The predicted molar refractivity (Wildman–Crippen MR) is 161 cm³/mol. The molecule has 3 heterocycles. The number of benzene rings is 3. The minimum Gasteiger partial charge on any atom is -0.449 e. The molecule has 0 radical (unpaired) electrons. The average molecular weight is 562 g/mol. The van der Waals surface area contributed by atoms with Crippen LogP contribution in [-0.2, 0) is 13.1 Å². The molecular weight excluding hydrogens is 530 g/mol. The van der Waals surface area contributed by atoms with Crippen molar-refractivity contribution in [3.8, 4) is 16.9 Å². The second-order valence-electron chi connectivity index (χ2n) is 10.4. The van der Waals surface area contributed by atoms with Gasteiger partial charge in [0.1, 0.15) is 17.1 Å². The van der Waals surface area contributed by atoms with Crippen molar-refractivity contribution in [3.05, 3.63) is 108 Å². The number of rotatable bonds is 7. The zero-order valence-electron chi connectivity index (χ0n) is 23.5. The Morgan fingerprint density at radius 1 is 0.881 bits per heavy atom. The van der Waals surface area contributed by atoms with E-state index in [4.69, 9.17) is 19.8 Å². The van der Waals surface area contributed by atoms with Crippen molar-refractivity contribution in [2.75, 3.05) is 18.0 Å². The Labute approximate surface area is 243 Å². The molecule has 0 saturated carbocycles. The summed E-state index contributed by atoms with van der Waals surface area (Å²) >= 11 is 0. The molecule has 2 aromatic heterocycles. The lowest BCUT2D eigenvalue weighted by Crippen LogP contribution is -2.49. The number of anilines is 1. The van der Waals surface area contributed by atoms with E-state index < -0.39 is 6.16 Å². The number of urea groups is 1. The Balaban J connectivity index is 1.24. The second kappa shape index (κ2) is 11.4. The molecule has 9 heteroatoms. The van der Waals surface area contributed by atoms with E-state index >= 15 is 0 Å². The van der Waals surface area contributed by atoms with E-state index in [-0.39, 0.29) is 6.03 Å². The van der Waals surface area contributed by atoms with Gasteiger partial charge in [-0.1, -0.05) is 72.8 Å². The van der Waals surface area contributed by atoms with Crippen LogP contribution in [0.1, 0.15) is 29.1 Å². The zero-order chi connectivity index (χ0) is 29.2. The molecule has 1 aliphatic rings. The molecule has 212 valence electrons. The fourth-order valence-electron chi connectivity index (χ4n) is 5.52. The number of fused-ring (bicyclic) bond motifs is 1. The van der Waals surface area contributed by atoms with E-state index in [1.807, 2.05) is 96.4 Å². The Morgan fingerprint density at radius 2 is 1.60 bits per heavy atom. The normalized spacial score (nSPS) is 13.5. The minimum absolute atomic E-state index is 0.0130. The Bertz CT molecular complexity index is 1770. The molecule has 3 aromatic carbocycles. The highest BCUT2D eigenvalue weighted by molar-refractivity contribution is 5.95. The summed E-state index contributed by atoms with van der Waals surface area (Å²) in [6, 6.07) is 27.0. The number of para-hydroxylation sites is 1. The van der Waals surface area contributed by atoms with Gasteiger partial charge in [-0.3, -0.25) is 4.90 Å². The monoisotopic (exact) mass is 561 g/mol. The molecule has 9 nitrogen and oxygen atoms in total. The van der Waals surface area contributed by atoms with Gasteiger partial charge in [-0.05, 0) is 49.1 Å². The van der Waals surface area contributed by atoms with Gasteiger partial charge < -0.3 is 19.3 Å². The summed E-state index contributed by atoms with van der Waals surface area (Å²) in [6.07, 6.45) is -0.464. The molecule has 0 atom stereocenters. The van der Waals surface area contributed by atoms with E-state index in [1.54, 1.807) is 12.1 Å². The van der Waals surface area contributed by atoms with Crippen molar-refractivity contribution in [2.24, 2.45) is 0 Å². The maximum absolute atomic E-state index is 13.5. The topological polar surface area (TPSA) is 101 Å². The number of carboxylic acid groups (broad SMARTS) is 1. The van der Waals surface area contributed by atoms with E-state index in [9.17, 15) is 9.59 Å². The predicted octanol–water partition coefficient (Wildman–Crippen LogP) is 6.65. The number of pyridine rings is 1. The molecule has 1 fully saturated rings. The van der Waals surface area contributed by atoms with Gasteiger partial charge in [-0.25, -0.2) is 19.6 Å². The van der Waals surface area contributed by atoms with Gasteiger partial charge in [0.05, 0.1) is 17.9 Å². The van der Waals surface area contributed by atoms with Crippen LogP contribution in [-0.4, -0.2) is 49.8 Å². The van der Waals surface area contributed by atoms with Crippen molar-refractivity contribution >= 4 is 29.0 Å². The van der Waals surface area contributed by atoms with Crippen LogP contribution in [0.3, 0.4) is 0 Å². The van der Waals surface area contributed by atoms with Crippen molar-refractivity contribution in [2.45, 2.75) is 33.4 Å². The molecule has 5 aromatic rings. The first-order valence-electron chi connectivity index (χ1n) is 13.9. The third-order valence-corrected chi connectivity index (χ3v) is 7.58. The van der Waals surface area contributed by atoms with Crippen LogP contribution in [0.2, 0.25) is 0 Å². The van der Waals surface area contributed by atoms with Crippen LogP contribution in [0.15, 0.2) is 84.9 Å². The van der Waals surface area contributed by atoms with Crippen LogP contribution >= 0.6 is 0 Å². The van der Waals surface area contributed by atoms with Gasteiger partial charge in [0.25, 0.3) is 0 Å². The summed E-state index contributed by atoms with van der Waals surface area (Å²) in [5.74, 6) is 1.12. The zero-order valence-corrected chi connectivity index (χ0v) is 23.5. The van der Waals surface area contributed by atoms with E-state index in [1.165, 1.54) is 0 Å². The van der Waals surface area contributed by atoms with E-state index in [2.05, 4.69) is 4.57 Å². The maximum atomic E-state index is 13.5. The molecule has 1 N–H and O–H groups in total. The molecule has 0 aliphatic carbocycles. The Hall–Kier alpha value is -5.18. The lowest BCUT2D eigenvalue weighted by Gasteiger charge is -2.36. The lowest BCUT2D eigenvalue weighted by atomic mass is 10.0. The second-order valence-corrected chi connectivity index (χ2v) is 10.4. The highest BCUT2D eigenvalue weighted by atomic mass is 16.7. The SMILES string of the molecule is Cc1nc2c(cc1N1CCCN(Cc3ccccc3)C1=O)nc(C)n2Cc1ccc(-c2ccccc2OC(=O)O)cc1. The largest absolute Gasteiger partial charge is 0.511 e. The van der Waals surface area contributed by atoms with E-state index in [0.29, 0.717) is 30.9 Å². The van der Waals surface area contributed by atoms with Gasteiger partial charge >= 0.3 is 12.2 Å². The molecule has 42 heavy (non-hydrogen) atoms. The number of ether oxygens (including phenoxy) is 1. The van der Waals surface area contributed by atoms with Crippen LogP contribution in [0.5, 0.6) is 5.75 Å². The van der Waals surface area contributed by atoms with Gasteiger partial charge in [0, 0.05) is 25.2 Å². The Morgan fingerprint density at radius 3 is 2.36 bits per heavy atom. The summed E-state index contributed by atoms with van der Waals surface area (Å²) in [6.45, 7) is 6.41. The average Bonchev–Trinajstić information content (AvgIpc) is 3.28. The van der Waals surface area contributed by atoms with Crippen LogP contribution < -0.4 is 9.64 Å². The van der Waals surface area contributed by atoms with Gasteiger partial charge in [0.2, 0.25) is 0 Å². The number of aryl methyl sites for hydroxylation is 2. The number of aromatic nitrogens is 3. The number of hydrogen-bond donors (Lipinski definition) is 1. The quantitative estimate of drug-likeness (QED) is 0.176. The molecule has 0 spiro atoms. The molecule has 6 rings (SSSR count). The first-order valence-corrected chi connectivity index (χ1v) is 13.9. The highest BCUT2D eigenvalue weighted by Crippen LogP contribution is 2.31. The smallest absolute Gasteiger partial charge is 0.449 e. The summed E-state index contributed by atoms with van der Waals surface area (Å²) in [5.41, 5.74) is 6.80. The third kappa shape index (κ3) is 5.41. The lowest BCUT2D eigenvalue weighted by molar-refractivity contribution is 0.144.